The average molecular weight is 354 g/mol. The van der Waals surface area contributed by atoms with Gasteiger partial charge in [0.05, 0.1) is 6.54 Å². The molecular formula is C17H27FN4O3. The number of nitrogens with one attached hydrogen (secondary N) is 3. The summed E-state index contributed by atoms with van der Waals surface area (Å²) in [6.07, 6.45) is -0.458. The van der Waals surface area contributed by atoms with Crippen molar-refractivity contribution in [2.45, 2.75) is 26.4 Å². The van der Waals surface area contributed by atoms with Gasteiger partial charge >= 0.3 is 6.09 Å². The molecule has 0 aliphatic rings. The maximum atomic E-state index is 13.0. The Morgan fingerprint density at radius 3 is 2.48 bits per heavy atom. The van der Waals surface area contributed by atoms with Gasteiger partial charge < -0.3 is 25.4 Å². The van der Waals surface area contributed by atoms with E-state index in [1.165, 1.54) is 12.1 Å². The van der Waals surface area contributed by atoms with E-state index in [1.54, 1.807) is 19.2 Å². The van der Waals surface area contributed by atoms with Gasteiger partial charge in [-0.2, -0.15) is 0 Å². The highest BCUT2D eigenvalue weighted by Crippen LogP contribution is 2.11. The number of halogens is 1. The molecular weight excluding hydrogens is 327 g/mol. The van der Waals surface area contributed by atoms with Crippen LogP contribution in [0.5, 0.6) is 5.75 Å². The van der Waals surface area contributed by atoms with Crippen LogP contribution in [0.15, 0.2) is 29.3 Å². The summed E-state index contributed by atoms with van der Waals surface area (Å²) in [5.74, 6) is 0.723. The maximum Gasteiger partial charge on any atom is 0.407 e. The number of alkyl carbamates (subject to hydrolysis) is 1. The van der Waals surface area contributed by atoms with Crippen molar-refractivity contribution in [1.82, 2.24) is 16.0 Å². The highest BCUT2D eigenvalue weighted by molar-refractivity contribution is 5.79. The molecule has 0 saturated carbocycles. The van der Waals surface area contributed by atoms with Crippen LogP contribution < -0.4 is 20.7 Å². The fourth-order valence-electron chi connectivity index (χ4n) is 1.78. The van der Waals surface area contributed by atoms with Crippen molar-refractivity contribution < 1.29 is 18.7 Å². The van der Waals surface area contributed by atoms with Crippen molar-refractivity contribution in [2.24, 2.45) is 4.99 Å². The summed E-state index contributed by atoms with van der Waals surface area (Å²) in [4.78, 5) is 15.5. The third-order valence-corrected chi connectivity index (χ3v) is 2.77. The van der Waals surface area contributed by atoms with E-state index in [0.29, 0.717) is 38.0 Å². The number of carbonyl (C=O) groups excluding carboxylic acids is 1. The van der Waals surface area contributed by atoms with Gasteiger partial charge in [-0.1, -0.05) is 6.07 Å². The molecule has 0 aliphatic carbocycles. The lowest BCUT2D eigenvalue weighted by Crippen LogP contribution is -2.43. The Bertz CT molecular complexity index is 573. The third kappa shape index (κ3) is 10.1. The van der Waals surface area contributed by atoms with Gasteiger partial charge in [0.15, 0.2) is 5.96 Å². The minimum absolute atomic E-state index is 0.333. The minimum Gasteiger partial charge on any atom is -0.492 e. The molecule has 0 aromatic heterocycles. The topological polar surface area (TPSA) is 84.0 Å². The molecule has 0 bridgehead atoms. The van der Waals surface area contributed by atoms with Gasteiger partial charge in [0.25, 0.3) is 0 Å². The number of guanidine groups is 1. The van der Waals surface area contributed by atoms with Crippen LogP contribution in [-0.2, 0) is 4.74 Å². The van der Waals surface area contributed by atoms with Crippen molar-refractivity contribution in [2.75, 3.05) is 33.3 Å². The van der Waals surface area contributed by atoms with Crippen LogP contribution in [0.3, 0.4) is 0 Å². The van der Waals surface area contributed by atoms with Gasteiger partial charge in [-0.3, -0.25) is 4.99 Å². The summed E-state index contributed by atoms with van der Waals surface area (Å²) < 4.78 is 23.6. The minimum atomic E-state index is -0.517. The van der Waals surface area contributed by atoms with Crippen molar-refractivity contribution >= 4 is 12.1 Å². The van der Waals surface area contributed by atoms with Crippen molar-refractivity contribution in [3.63, 3.8) is 0 Å². The molecule has 0 radical (unpaired) electrons. The number of aliphatic imine (C=N–C) groups is 1. The van der Waals surface area contributed by atoms with Gasteiger partial charge in [-0.05, 0) is 32.9 Å². The van der Waals surface area contributed by atoms with E-state index in [1.807, 2.05) is 20.8 Å². The Kier molecular flexibility index (Phi) is 8.52. The lowest BCUT2D eigenvalue weighted by atomic mass is 10.2. The molecule has 0 fully saturated rings. The number of amides is 1. The highest BCUT2D eigenvalue weighted by atomic mass is 19.1. The highest BCUT2D eigenvalue weighted by Gasteiger charge is 2.15. The van der Waals surface area contributed by atoms with Gasteiger partial charge in [-0.15, -0.1) is 0 Å². The molecule has 0 unspecified atom stereocenters. The monoisotopic (exact) mass is 354 g/mol. The van der Waals surface area contributed by atoms with E-state index in [2.05, 4.69) is 20.9 Å². The van der Waals surface area contributed by atoms with Gasteiger partial charge in [0.1, 0.15) is 23.8 Å². The molecule has 1 rings (SSSR count). The quantitative estimate of drug-likeness (QED) is 0.396. The summed E-state index contributed by atoms with van der Waals surface area (Å²) in [5, 5.41) is 8.75. The SMILES string of the molecule is CN=C(NCCNC(=O)OC(C)(C)C)NCCOc1cccc(F)c1. The van der Waals surface area contributed by atoms with Gasteiger partial charge in [0.2, 0.25) is 0 Å². The Morgan fingerprint density at radius 1 is 1.16 bits per heavy atom. The number of rotatable bonds is 7. The van der Waals surface area contributed by atoms with E-state index >= 15 is 0 Å². The molecule has 0 aliphatic heterocycles. The summed E-state index contributed by atoms with van der Waals surface area (Å²) in [5.41, 5.74) is -0.517. The van der Waals surface area contributed by atoms with E-state index in [0.717, 1.165) is 0 Å². The molecule has 1 aromatic rings. The number of benzene rings is 1. The number of ether oxygens (including phenoxy) is 2. The van der Waals surface area contributed by atoms with Crippen LogP contribution >= 0.6 is 0 Å². The predicted molar refractivity (Wildman–Crippen MR) is 95.5 cm³/mol. The number of nitrogens with zero attached hydrogens (tertiary/aromatic N) is 1. The summed E-state index contributed by atoms with van der Waals surface area (Å²) in [7, 11) is 1.64. The first kappa shape index (κ1) is 20.5. The Morgan fingerprint density at radius 2 is 1.84 bits per heavy atom. The van der Waals surface area contributed by atoms with Crippen LogP contribution in [0.4, 0.5) is 9.18 Å². The van der Waals surface area contributed by atoms with Gasteiger partial charge in [0, 0.05) is 26.2 Å². The largest absolute Gasteiger partial charge is 0.492 e. The summed E-state index contributed by atoms with van der Waals surface area (Å²) in [6.45, 7) is 7.17. The maximum absolute atomic E-state index is 13.0. The fraction of sp³-hybridized carbons (Fsp3) is 0.529. The van der Waals surface area contributed by atoms with Crippen LogP contribution in [0, 0.1) is 5.82 Å². The Balaban J connectivity index is 2.15. The van der Waals surface area contributed by atoms with E-state index < -0.39 is 11.7 Å². The fourth-order valence-corrected chi connectivity index (χ4v) is 1.78. The molecule has 0 saturated heterocycles. The first-order valence-electron chi connectivity index (χ1n) is 8.10. The lowest BCUT2D eigenvalue weighted by Gasteiger charge is -2.19. The number of carbonyl (C=O) groups is 1. The second-order valence-electron chi connectivity index (χ2n) is 6.16. The summed E-state index contributed by atoms with van der Waals surface area (Å²) >= 11 is 0. The van der Waals surface area contributed by atoms with Crippen LogP contribution in [0.1, 0.15) is 20.8 Å². The second-order valence-corrected chi connectivity index (χ2v) is 6.16. The molecule has 0 heterocycles. The molecule has 0 atom stereocenters. The zero-order valence-electron chi connectivity index (χ0n) is 15.2. The zero-order chi connectivity index (χ0) is 18.7. The van der Waals surface area contributed by atoms with Crippen LogP contribution in [-0.4, -0.2) is 50.9 Å². The molecule has 8 heteroatoms. The van der Waals surface area contributed by atoms with Crippen LogP contribution in [0.25, 0.3) is 0 Å². The van der Waals surface area contributed by atoms with Crippen molar-refractivity contribution in [3.05, 3.63) is 30.1 Å². The van der Waals surface area contributed by atoms with Crippen molar-refractivity contribution in [3.8, 4) is 5.75 Å². The molecule has 25 heavy (non-hydrogen) atoms. The van der Waals surface area contributed by atoms with E-state index in [9.17, 15) is 9.18 Å². The lowest BCUT2D eigenvalue weighted by molar-refractivity contribution is 0.0529. The first-order valence-corrected chi connectivity index (χ1v) is 8.10. The molecule has 1 aromatic carbocycles. The van der Waals surface area contributed by atoms with E-state index in [-0.39, 0.29) is 5.82 Å². The Hall–Kier alpha value is -2.51. The Labute approximate surface area is 148 Å². The second kappa shape index (κ2) is 10.4. The molecule has 140 valence electrons. The van der Waals surface area contributed by atoms with Crippen molar-refractivity contribution in [1.29, 1.82) is 0 Å². The third-order valence-electron chi connectivity index (χ3n) is 2.77. The first-order chi connectivity index (χ1) is 11.8. The molecule has 7 nitrogen and oxygen atoms in total. The predicted octanol–water partition coefficient (Wildman–Crippen LogP) is 1.89. The van der Waals surface area contributed by atoms with Crippen LogP contribution in [0.2, 0.25) is 0 Å². The normalized spacial score (nSPS) is 11.6. The number of hydrogen-bond donors (Lipinski definition) is 3. The average Bonchev–Trinajstić information content (AvgIpc) is 2.51. The zero-order valence-corrected chi connectivity index (χ0v) is 15.2. The van der Waals surface area contributed by atoms with E-state index in [4.69, 9.17) is 9.47 Å². The van der Waals surface area contributed by atoms with Gasteiger partial charge in [-0.25, -0.2) is 9.18 Å². The smallest absolute Gasteiger partial charge is 0.407 e. The summed E-state index contributed by atoms with van der Waals surface area (Å²) in [6, 6.07) is 5.98. The number of hydrogen-bond acceptors (Lipinski definition) is 4. The standard InChI is InChI=1S/C17H27FN4O3/c1-17(2,3)25-16(23)22-9-8-20-15(19-4)21-10-11-24-14-7-5-6-13(18)12-14/h5-7,12H,8-11H2,1-4H3,(H,22,23)(H2,19,20,21). The molecule has 1 amide bonds. The molecule has 0 spiro atoms. The molecule has 3 N–H and O–H groups in total.